The van der Waals surface area contributed by atoms with Crippen LogP contribution in [0.4, 0.5) is 11.4 Å². The van der Waals surface area contributed by atoms with E-state index in [2.05, 4.69) is 21.8 Å². The molecule has 4 rings (SSSR count). The summed E-state index contributed by atoms with van der Waals surface area (Å²) >= 11 is 0. The normalized spacial score (nSPS) is 17.1. The Bertz CT molecular complexity index is 1110. The highest BCUT2D eigenvalue weighted by molar-refractivity contribution is 6.00. The van der Waals surface area contributed by atoms with Crippen molar-refractivity contribution in [2.75, 3.05) is 63.3 Å². The number of likely N-dealkylation sites (N-methyl/N-ethyl adjacent to an activating group) is 1. The number of methoxy groups -OCH3 is 1. The third-order valence-corrected chi connectivity index (χ3v) is 6.20. The third kappa shape index (κ3) is 4.52. The minimum absolute atomic E-state index is 0.0235. The average Bonchev–Trinajstić information content (AvgIpc) is 3.25. The number of aromatic nitrogens is 2. The Hall–Kier alpha value is -3.14. The molecule has 0 aliphatic carbocycles. The zero-order valence-corrected chi connectivity index (χ0v) is 19.5. The minimum Gasteiger partial charge on any atom is -0.486 e. The second kappa shape index (κ2) is 9.78. The van der Waals surface area contributed by atoms with E-state index >= 15 is 0 Å². The Morgan fingerprint density at radius 3 is 2.55 bits per heavy atom. The van der Waals surface area contributed by atoms with E-state index in [1.54, 1.807) is 11.1 Å². The van der Waals surface area contributed by atoms with Gasteiger partial charge in [0.25, 0.3) is 0 Å². The first kappa shape index (κ1) is 23.0. The molecule has 0 N–H and O–H groups in total. The quantitative estimate of drug-likeness (QED) is 0.456. The summed E-state index contributed by atoms with van der Waals surface area (Å²) in [6, 6.07) is 1.90. The molecule has 10 nitrogen and oxygen atoms in total. The number of esters is 1. The summed E-state index contributed by atoms with van der Waals surface area (Å²) in [7, 11) is 3.32. The lowest BCUT2D eigenvalue weighted by molar-refractivity contribution is -0.117. The molecule has 4 heterocycles. The van der Waals surface area contributed by atoms with Crippen LogP contribution in [0.3, 0.4) is 0 Å². The van der Waals surface area contributed by atoms with Gasteiger partial charge in [0, 0.05) is 45.3 Å². The molecule has 10 heteroatoms. The van der Waals surface area contributed by atoms with Crippen LogP contribution >= 0.6 is 0 Å². The van der Waals surface area contributed by atoms with Crippen LogP contribution in [0.2, 0.25) is 0 Å². The summed E-state index contributed by atoms with van der Waals surface area (Å²) in [4.78, 5) is 49.3. The highest BCUT2D eigenvalue weighted by Crippen LogP contribution is 2.31. The maximum Gasteiger partial charge on any atom is 0.360 e. The fourth-order valence-corrected chi connectivity index (χ4v) is 4.21. The summed E-state index contributed by atoms with van der Waals surface area (Å²) in [5.74, 6) is -0.894. The fourth-order valence-electron chi connectivity index (χ4n) is 4.21. The van der Waals surface area contributed by atoms with Gasteiger partial charge in [-0.2, -0.15) is 0 Å². The Morgan fingerprint density at radius 2 is 1.91 bits per heavy atom. The predicted molar refractivity (Wildman–Crippen MR) is 125 cm³/mol. The third-order valence-electron chi connectivity index (χ3n) is 6.20. The van der Waals surface area contributed by atoms with Gasteiger partial charge in [-0.05, 0) is 26.0 Å². The molecule has 2 aliphatic rings. The van der Waals surface area contributed by atoms with Gasteiger partial charge < -0.3 is 24.2 Å². The molecule has 2 aliphatic heterocycles. The van der Waals surface area contributed by atoms with Crippen LogP contribution in [-0.2, 0) is 9.53 Å². The van der Waals surface area contributed by atoms with Gasteiger partial charge in [0.05, 0.1) is 25.1 Å². The Morgan fingerprint density at radius 1 is 1.15 bits per heavy atom. The standard InChI is InChI=1S/C23H31N5O5/c1-4-5-13-33-20-19(23(31)32-3)24-21-17(27-8-6-7-18(27)29)14-16(15-28(21)22(20)30)26-11-9-25(2)10-12-26/h14-15H,4-13H2,1-3H3. The van der Waals surface area contributed by atoms with E-state index in [1.165, 1.54) is 11.5 Å². The largest absolute Gasteiger partial charge is 0.486 e. The number of anilines is 2. The van der Waals surface area contributed by atoms with E-state index in [-0.39, 0.29) is 23.0 Å². The zero-order chi connectivity index (χ0) is 23.5. The number of carbonyl (C=O) groups is 2. The number of carbonyl (C=O) groups excluding carboxylic acids is 2. The molecule has 2 aromatic rings. The van der Waals surface area contributed by atoms with Crippen LogP contribution in [0.5, 0.6) is 5.75 Å². The second-order valence-electron chi connectivity index (χ2n) is 8.50. The van der Waals surface area contributed by atoms with Crippen LogP contribution < -0.4 is 20.1 Å². The van der Waals surface area contributed by atoms with Crippen molar-refractivity contribution in [2.45, 2.75) is 32.6 Å². The number of piperazine rings is 1. The van der Waals surface area contributed by atoms with E-state index in [9.17, 15) is 14.4 Å². The molecule has 0 atom stereocenters. The van der Waals surface area contributed by atoms with Gasteiger partial charge in [-0.15, -0.1) is 0 Å². The number of hydrogen-bond donors (Lipinski definition) is 0. The van der Waals surface area contributed by atoms with E-state index in [4.69, 9.17) is 9.47 Å². The maximum absolute atomic E-state index is 13.6. The number of hydrogen-bond acceptors (Lipinski definition) is 8. The molecule has 0 radical (unpaired) electrons. The molecule has 0 unspecified atom stereocenters. The van der Waals surface area contributed by atoms with E-state index in [0.717, 1.165) is 51.1 Å². The van der Waals surface area contributed by atoms with Crippen molar-refractivity contribution in [3.8, 4) is 5.75 Å². The molecule has 33 heavy (non-hydrogen) atoms. The number of rotatable bonds is 7. The van der Waals surface area contributed by atoms with Crippen molar-refractivity contribution < 1.29 is 19.1 Å². The molecule has 0 aromatic carbocycles. The van der Waals surface area contributed by atoms with Crippen molar-refractivity contribution in [1.82, 2.24) is 14.3 Å². The average molecular weight is 458 g/mol. The van der Waals surface area contributed by atoms with Crippen molar-refractivity contribution in [1.29, 1.82) is 0 Å². The Kier molecular flexibility index (Phi) is 6.83. The van der Waals surface area contributed by atoms with Crippen LogP contribution in [-0.4, -0.2) is 79.6 Å². The Labute approximate surface area is 192 Å². The molecule has 2 aromatic heterocycles. The van der Waals surface area contributed by atoms with Crippen LogP contribution in [0.15, 0.2) is 17.1 Å². The number of pyridine rings is 1. The van der Waals surface area contributed by atoms with Gasteiger partial charge in [0.15, 0.2) is 11.3 Å². The highest BCUT2D eigenvalue weighted by atomic mass is 16.5. The van der Waals surface area contributed by atoms with Crippen molar-refractivity contribution in [3.05, 3.63) is 28.3 Å². The topological polar surface area (TPSA) is 96.7 Å². The molecule has 178 valence electrons. The molecular formula is C23H31N5O5. The van der Waals surface area contributed by atoms with Crippen LogP contribution in [0.1, 0.15) is 43.1 Å². The van der Waals surface area contributed by atoms with Crippen molar-refractivity contribution in [2.24, 2.45) is 0 Å². The zero-order valence-electron chi connectivity index (χ0n) is 19.5. The van der Waals surface area contributed by atoms with Gasteiger partial charge in [0.2, 0.25) is 11.7 Å². The van der Waals surface area contributed by atoms with Gasteiger partial charge in [-0.1, -0.05) is 13.3 Å². The fraction of sp³-hybridized carbons (Fsp3) is 0.565. The first-order chi connectivity index (χ1) is 15.9. The summed E-state index contributed by atoms with van der Waals surface area (Å²) in [6.07, 6.45) is 4.52. The Balaban J connectivity index is 1.92. The SMILES string of the molecule is CCCCOc1c(C(=O)OC)nc2c(N3CCCC3=O)cc(N3CCN(C)CC3)cn2c1=O. The highest BCUT2D eigenvalue weighted by Gasteiger charge is 2.29. The molecule has 2 saturated heterocycles. The summed E-state index contributed by atoms with van der Waals surface area (Å²) in [6.45, 7) is 6.25. The lowest BCUT2D eigenvalue weighted by atomic mass is 10.2. The number of ether oxygens (including phenoxy) is 2. The van der Waals surface area contributed by atoms with E-state index in [0.29, 0.717) is 25.3 Å². The second-order valence-corrected chi connectivity index (χ2v) is 8.50. The van der Waals surface area contributed by atoms with Gasteiger partial charge in [0.1, 0.15) is 0 Å². The molecule has 0 bridgehead atoms. The van der Waals surface area contributed by atoms with E-state index in [1.807, 2.05) is 13.0 Å². The summed E-state index contributed by atoms with van der Waals surface area (Å²) in [5, 5.41) is 0. The van der Waals surface area contributed by atoms with Crippen molar-refractivity contribution in [3.63, 3.8) is 0 Å². The molecular weight excluding hydrogens is 426 g/mol. The number of amides is 1. The van der Waals surface area contributed by atoms with Gasteiger partial charge >= 0.3 is 11.5 Å². The van der Waals surface area contributed by atoms with Crippen LogP contribution in [0, 0.1) is 0 Å². The maximum atomic E-state index is 13.6. The van der Waals surface area contributed by atoms with Crippen molar-refractivity contribution >= 4 is 28.9 Å². The first-order valence-corrected chi connectivity index (χ1v) is 11.5. The number of fused-ring (bicyclic) bond motifs is 1. The predicted octanol–water partition coefficient (Wildman–Crippen LogP) is 1.54. The summed E-state index contributed by atoms with van der Waals surface area (Å²) in [5.41, 5.74) is 0.950. The molecule has 1 amide bonds. The van der Waals surface area contributed by atoms with Gasteiger partial charge in [-0.25, -0.2) is 9.78 Å². The summed E-state index contributed by atoms with van der Waals surface area (Å²) < 4.78 is 12.0. The number of unbranched alkanes of at least 4 members (excludes halogenated alkanes) is 1. The minimum atomic E-state index is -0.747. The number of nitrogens with zero attached hydrogens (tertiary/aromatic N) is 5. The first-order valence-electron chi connectivity index (χ1n) is 11.5. The lowest BCUT2D eigenvalue weighted by Crippen LogP contribution is -2.44. The monoisotopic (exact) mass is 457 g/mol. The molecule has 2 fully saturated rings. The lowest BCUT2D eigenvalue weighted by Gasteiger charge is -2.34. The molecule has 0 spiro atoms. The van der Waals surface area contributed by atoms with Gasteiger partial charge in [-0.3, -0.25) is 14.0 Å². The molecule has 0 saturated carbocycles. The smallest absolute Gasteiger partial charge is 0.360 e. The van der Waals surface area contributed by atoms with E-state index < -0.39 is 11.5 Å². The van der Waals surface area contributed by atoms with Crippen LogP contribution in [0.25, 0.3) is 5.65 Å².